The number of carboxylic acids is 1. The summed E-state index contributed by atoms with van der Waals surface area (Å²) in [5, 5.41) is 24.5. The number of nitrogens with one attached hydrogen (secondary N) is 1. The third-order valence-electron chi connectivity index (χ3n) is 4.83. The van der Waals surface area contributed by atoms with Crippen molar-refractivity contribution in [2.24, 2.45) is 0 Å². The number of nitrogens with zero attached hydrogens (tertiary/aromatic N) is 1. The van der Waals surface area contributed by atoms with Gasteiger partial charge in [0.15, 0.2) is 0 Å². The summed E-state index contributed by atoms with van der Waals surface area (Å²) in [6.07, 6.45) is 3.29. The SMILES string of the molecule is O=C(Nc1cc(-c2ccccc2)ccc1C(=O)[O-])c1ccc(-c2cccnc2)cc1O.[Na+]. The van der Waals surface area contributed by atoms with Gasteiger partial charge in [0, 0.05) is 23.5 Å². The van der Waals surface area contributed by atoms with Crippen LogP contribution in [-0.2, 0) is 0 Å². The molecule has 0 spiro atoms. The van der Waals surface area contributed by atoms with Crippen LogP contribution in [0.1, 0.15) is 20.7 Å². The molecule has 1 heterocycles. The van der Waals surface area contributed by atoms with E-state index < -0.39 is 11.9 Å². The second-order valence-corrected chi connectivity index (χ2v) is 6.84. The molecule has 0 fully saturated rings. The number of carboxylic acid groups (broad SMARTS) is 1. The number of phenolic OH excluding ortho intramolecular Hbond substituents is 1. The number of carbonyl (C=O) groups is 2. The summed E-state index contributed by atoms with van der Waals surface area (Å²) >= 11 is 0. The van der Waals surface area contributed by atoms with Crippen molar-refractivity contribution in [3.05, 3.63) is 102 Å². The summed E-state index contributed by atoms with van der Waals surface area (Å²) < 4.78 is 0. The summed E-state index contributed by atoms with van der Waals surface area (Å²) in [5.41, 5.74) is 3.04. The van der Waals surface area contributed by atoms with Crippen molar-refractivity contribution < 1.29 is 49.4 Å². The molecule has 3 aromatic carbocycles. The minimum absolute atomic E-state index is 0. The van der Waals surface area contributed by atoms with E-state index >= 15 is 0 Å². The average Bonchev–Trinajstić information content (AvgIpc) is 2.80. The Morgan fingerprint density at radius 3 is 2.06 bits per heavy atom. The molecule has 152 valence electrons. The fourth-order valence-corrected chi connectivity index (χ4v) is 3.26. The van der Waals surface area contributed by atoms with Gasteiger partial charge in [-0.15, -0.1) is 0 Å². The number of anilines is 1. The number of rotatable bonds is 5. The molecule has 0 unspecified atom stereocenters. The van der Waals surface area contributed by atoms with Crippen LogP contribution in [0, 0.1) is 0 Å². The predicted octanol–water partition coefficient (Wildman–Crippen LogP) is 0.741. The zero-order valence-electron chi connectivity index (χ0n) is 17.3. The molecule has 0 saturated heterocycles. The minimum atomic E-state index is -1.41. The van der Waals surface area contributed by atoms with Gasteiger partial charge in [-0.3, -0.25) is 9.78 Å². The summed E-state index contributed by atoms with van der Waals surface area (Å²) in [6.45, 7) is 0. The zero-order valence-corrected chi connectivity index (χ0v) is 19.3. The normalized spacial score (nSPS) is 10.1. The Bertz CT molecular complexity index is 1260. The van der Waals surface area contributed by atoms with Crippen molar-refractivity contribution in [1.29, 1.82) is 0 Å². The summed E-state index contributed by atoms with van der Waals surface area (Å²) in [7, 11) is 0. The zero-order chi connectivity index (χ0) is 21.8. The quantitative estimate of drug-likeness (QED) is 0.453. The number of hydrogen-bond acceptors (Lipinski definition) is 5. The van der Waals surface area contributed by atoms with Crippen LogP contribution >= 0.6 is 0 Å². The largest absolute Gasteiger partial charge is 1.00 e. The number of aromatic nitrogens is 1. The van der Waals surface area contributed by atoms with E-state index in [1.165, 1.54) is 18.2 Å². The van der Waals surface area contributed by atoms with Gasteiger partial charge in [0.2, 0.25) is 0 Å². The van der Waals surface area contributed by atoms with E-state index in [4.69, 9.17) is 0 Å². The molecule has 1 aromatic heterocycles. The van der Waals surface area contributed by atoms with Crippen LogP contribution in [0.25, 0.3) is 22.3 Å². The van der Waals surface area contributed by atoms with E-state index in [1.807, 2.05) is 36.4 Å². The van der Waals surface area contributed by atoms with Gasteiger partial charge in [0.1, 0.15) is 5.75 Å². The van der Waals surface area contributed by atoms with Crippen molar-refractivity contribution in [2.45, 2.75) is 0 Å². The first-order valence-corrected chi connectivity index (χ1v) is 9.48. The number of amides is 1. The molecule has 0 saturated carbocycles. The molecular weight excluding hydrogens is 415 g/mol. The van der Waals surface area contributed by atoms with E-state index in [9.17, 15) is 19.8 Å². The van der Waals surface area contributed by atoms with Gasteiger partial charge in [-0.25, -0.2) is 0 Å². The molecular formula is C25H17N2NaO4. The molecule has 4 rings (SSSR count). The number of phenols is 1. The molecule has 7 heteroatoms. The molecule has 2 N–H and O–H groups in total. The molecule has 6 nitrogen and oxygen atoms in total. The van der Waals surface area contributed by atoms with E-state index in [-0.39, 0.29) is 52.1 Å². The van der Waals surface area contributed by atoms with Crippen LogP contribution in [0.2, 0.25) is 0 Å². The van der Waals surface area contributed by atoms with Crippen LogP contribution in [0.5, 0.6) is 5.75 Å². The van der Waals surface area contributed by atoms with Gasteiger partial charge in [-0.2, -0.15) is 0 Å². The number of pyridine rings is 1. The van der Waals surface area contributed by atoms with Crippen LogP contribution < -0.4 is 40.0 Å². The van der Waals surface area contributed by atoms with Gasteiger partial charge in [-0.05, 0) is 41.0 Å². The average molecular weight is 432 g/mol. The van der Waals surface area contributed by atoms with Gasteiger partial charge < -0.3 is 20.3 Å². The van der Waals surface area contributed by atoms with Crippen molar-refractivity contribution in [2.75, 3.05) is 5.32 Å². The first-order valence-electron chi connectivity index (χ1n) is 9.48. The molecule has 0 aliphatic carbocycles. The number of benzene rings is 3. The third kappa shape index (κ3) is 5.06. The Morgan fingerprint density at radius 2 is 1.44 bits per heavy atom. The van der Waals surface area contributed by atoms with Crippen LogP contribution in [0.15, 0.2) is 91.3 Å². The maximum Gasteiger partial charge on any atom is 1.00 e. The third-order valence-corrected chi connectivity index (χ3v) is 4.83. The molecule has 0 radical (unpaired) electrons. The maximum atomic E-state index is 12.8. The molecule has 0 aliphatic rings. The first kappa shape index (κ1) is 23.2. The van der Waals surface area contributed by atoms with E-state index in [1.54, 1.807) is 36.7 Å². The number of aromatic carboxylic acids is 1. The monoisotopic (exact) mass is 432 g/mol. The van der Waals surface area contributed by atoms with Crippen molar-refractivity contribution >= 4 is 17.6 Å². The fraction of sp³-hybridized carbons (Fsp3) is 0. The molecule has 0 atom stereocenters. The van der Waals surface area contributed by atoms with Crippen molar-refractivity contribution in [3.63, 3.8) is 0 Å². The second-order valence-electron chi connectivity index (χ2n) is 6.84. The van der Waals surface area contributed by atoms with Crippen LogP contribution in [0.3, 0.4) is 0 Å². The number of hydrogen-bond donors (Lipinski definition) is 2. The maximum absolute atomic E-state index is 12.8. The Labute approximate surface area is 206 Å². The topological polar surface area (TPSA) is 102 Å². The number of carbonyl (C=O) groups excluding carboxylic acids is 2. The van der Waals surface area contributed by atoms with Crippen LogP contribution in [-0.4, -0.2) is 22.0 Å². The second kappa shape index (κ2) is 10.2. The molecule has 32 heavy (non-hydrogen) atoms. The molecule has 1 amide bonds. The summed E-state index contributed by atoms with van der Waals surface area (Å²) in [4.78, 5) is 28.4. The van der Waals surface area contributed by atoms with Gasteiger partial charge >= 0.3 is 29.6 Å². The molecule has 4 aromatic rings. The van der Waals surface area contributed by atoms with E-state index in [0.717, 1.165) is 16.7 Å². The van der Waals surface area contributed by atoms with Crippen LogP contribution in [0.4, 0.5) is 5.69 Å². The Hall–Kier alpha value is -3.45. The predicted molar refractivity (Wildman–Crippen MR) is 115 cm³/mol. The van der Waals surface area contributed by atoms with E-state index in [0.29, 0.717) is 5.56 Å². The van der Waals surface area contributed by atoms with Gasteiger partial charge in [-0.1, -0.05) is 54.6 Å². The Kier molecular flexibility index (Phi) is 7.43. The van der Waals surface area contributed by atoms with Crippen molar-refractivity contribution in [1.82, 2.24) is 4.98 Å². The first-order chi connectivity index (χ1) is 15.0. The van der Waals surface area contributed by atoms with E-state index in [2.05, 4.69) is 10.3 Å². The van der Waals surface area contributed by atoms with Gasteiger partial charge in [0.05, 0.1) is 17.2 Å². The summed E-state index contributed by atoms with van der Waals surface area (Å²) in [5.74, 6) is -2.28. The standard InChI is InChI=1S/C25H18N2O4.Na/c28-23-14-18(19-7-4-12-26-15-19)9-11-21(23)24(29)27-22-13-17(8-10-20(22)25(30)31)16-5-2-1-3-6-16;/h1-15,28H,(H,27,29)(H,30,31);/q;+1/p-1. The Balaban J connectivity index is 0.00000289. The fourth-order valence-electron chi connectivity index (χ4n) is 3.26. The minimum Gasteiger partial charge on any atom is -0.545 e. The summed E-state index contributed by atoms with van der Waals surface area (Å²) in [6, 6.07) is 22.2. The van der Waals surface area contributed by atoms with Crippen molar-refractivity contribution in [3.8, 4) is 28.0 Å². The molecule has 0 aliphatic heterocycles. The smallest absolute Gasteiger partial charge is 0.545 e. The molecule has 0 bridgehead atoms. The Morgan fingerprint density at radius 1 is 0.781 bits per heavy atom. The number of aromatic hydroxyl groups is 1. The van der Waals surface area contributed by atoms with Gasteiger partial charge in [0.25, 0.3) is 5.91 Å².